The summed E-state index contributed by atoms with van der Waals surface area (Å²) in [6, 6.07) is 8.72. The first-order chi connectivity index (χ1) is 14.1. The first-order valence-corrected chi connectivity index (χ1v) is 11.1. The molecule has 1 heterocycles. The van der Waals surface area contributed by atoms with E-state index in [1.54, 1.807) is 6.92 Å². The van der Waals surface area contributed by atoms with Crippen LogP contribution in [0.1, 0.15) is 89.7 Å². The van der Waals surface area contributed by atoms with Crippen LogP contribution in [-0.2, 0) is 9.53 Å². The van der Waals surface area contributed by atoms with Crippen molar-refractivity contribution >= 4 is 12.0 Å². The van der Waals surface area contributed by atoms with Gasteiger partial charge in [-0.25, -0.2) is 9.59 Å². The van der Waals surface area contributed by atoms with Crippen LogP contribution >= 0.6 is 0 Å². The van der Waals surface area contributed by atoms with E-state index in [2.05, 4.69) is 17.6 Å². The summed E-state index contributed by atoms with van der Waals surface area (Å²) in [6.45, 7) is 4.40. The fourth-order valence-electron chi connectivity index (χ4n) is 3.69. The van der Waals surface area contributed by atoms with Crippen LogP contribution < -0.4 is 10.6 Å². The molecule has 0 fully saturated rings. The molecule has 2 amide bonds. The predicted molar refractivity (Wildman–Crippen MR) is 116 cm³/mol. The normalized spacial score (nSPS) is 16.3. The molecule has 0 aromatic heterocycles. The molecule has 0 saturated heterocycles. The van der Waals surface area contributed by atoms with Crippen molar-refractivity contribution in [1.29, 1.82) is 0 Å². The Kier molecular flexibility index (Phi) is 10.3. The molecule has 1 aromatic rings. The van der Waals surface area contributed by atoms with Crippen LogP contribution in [0.5, 0.6) is 0 Å². The highest BCUT2D eigenvalue weighted by atomic mass is 16.5. The molecule has 0 bridgehead atoms. The van der Waals surface area contributed by atoms with E-state index in [1.807, 2.05) is 30.3 Å². The van der Waals surface area contributed by atoms with Crippen LogP contribution in [0.3, 0.4) is 0 Å². The maximum absolute atomic E-state index is 12.7. The highest BCUT2D eigenvalue weighted by molar-refractivity contribution is 5.95. The van der Waals surface area contributed by atoms with Gasteiger partial charge in [-0.15, -0.1) is 0 Å². The number of rotatable bonds is 13. The number of hydrogen-bond acceptors (Lipinski definition) is 3. The third-order valence-electron chi connectivity index (χ3n) is 5.35. The molecule has 5 heteroatoms. The van der Waals surface area contributed by atoms with E-state index in [9.17, 15) is 9.59 Å². The number of ether oxygens (including phenoxy) is 1. The van der Waals surface area contributed by atoms with Crippen molar-refractivity contribution in [3.05, 3.63) is 47.2 Å². The minimum Gasteiger partial charge on any atom is -0.462 e. The SMILES string of the molecule is CCCCCCCCCCCCOC(=O)C1=C(C)NC(=O)N[C@H]1c1ccccc1. The highest BCUT2D eigenvalue weighted by Crippen LogP contribution is 2.27. The summed E-state index contributed by atoms with van der Waals surface area (Å²) in [5.41, 5.74) is 1.89. The molecule has 5 nitrogen and oxygen atoms in total. The maximum atomic E-state index is 12.7. The molecule has 1 aliphatic rings. The standard InChI is InChI=1S/C24H36N2O3/c1-3-4-5-6-7-8-9-10-11-15-18-29-23(27)21-19(2)25-24(28)26-22(21)20-16-13-12-14-17-20/h12-14,16-17,22H,3-11,15,18H2,1-2H3,(H2,25,26,28)/t22-/m0/s1. The van der Waals surface area contributed by atoms with Crippen molar-refractivity contribution in [2.45, 2.75) is 84.1 Å². The van der Waals surface area contributed by atoms with E-state index in [1.165, 1.54) is 51.4 Å². The Balaban J connectivity index is 1.72. The lowest BCUT2D eigenvalue weighted by Gasteiger charge is -2.28. The number of carbonyl (C=O) groups is 2. The Labute approximate surface area is 175 Å². The van der Waals surface area contributed by atoms with Gasteiger partial charge in [-0.3, -0.25) is 0 Å². The van der Waals surface area contributed by atoms with Gasteiger partial charge in [-0.05, 0) is 18.9 Å². The smallest absolute Gasteiger partial charge is 0.338 e. The second kappa shape index (κ2) is 13.0. The van der Waals surface area contributed by atoms with Gasteiger partial charge in [-0.1, -0.05) is 95.0 Å². The molecular formula is C24H36N2O3. The third kappa shape index (κ3) is 7.92. The zero-order valence-electron chi connectivity index (χ0n) is 18.0. The van der Waals surface area contributed by atoms with Crippen LogP contribution in [0, 0.1) is 0 Å². The van der Waals surface area contributed by atoms with Gasteiger partial charge >= 0.3 is 12.0 Å². The molecular weight excluding hydrogens is 364 g/mol. The molecule has 160 valence electrons. The number of allylic oxidation sites excluding steroid dienone is 1. The van der Waals surface area contributed by atoms with E-state index in [-0.39, 0.29) is 12.0 Å². The van der Waals surface area contributed by atoms with Gasteiger partial charge in [0.05, 0.1) is 18.2 Å². The third-order valence-corrected chi connectivity index (χ3v) is 5.35. The van der Waals surface area contributed by atoms with Gasteiger partial charge in [-0.2, -0.15) is 0 Å². The fourth-order valence-corrected chi connectivity index (χ4v) is 3.69. The molecule has 29 heavy (non-hydrogen) atoms. The minimum absolute atomic E-state index is 0.303. The van der Waals surface area contributed by atoms with Gasteiger partial charge < -0.3 is 15.4 Å². The molecule has 0 radical (unpaired) electrons. The number of benzene rings is 1. The Morgan fingerprint density at radius 1 is 0.931 bits per heavy atom. The zero-order chi connectivity index (χ0) is 20.9. The Morgan fingerprint density at radius 3 is 2.14 bits per heavy atom. The second-order valence-corrected chi connectivity index (χ2v) is 7.80. The number of unbranched alkanes of at least 4 members (excludes halogenated alkanes) is 9. The largest absolute Gasteiger partial charge is 0.462 e. The first-order valence-electron chi connectivity index (χ1n) is 11.1. The van der Waals surface area contributed by atoms with Crippen LogP contribution in [0.4, 0.5) is 4.79 Å². The predicted octanol–water partition coefficient (Wildman–Crippen LogP) is 5.78. The maximum Gasteiger partial charge on any atom is 0.338 e. The number of carbonyl (C=O) groups excluding carboxylic acids is 2. The van der Waals surface area contributed by atoms with E-state index in [0.29, 0.717) is 17.9 Å². The van der Waals surface area contributed by atoms with Crippen molar-refractivity contribution in [3.63, 3.8) is 0 Å². The average Bonchev–Trinajstić information content (AvgIpc) is 2.72. The molecule has 0 unspecified atom stereocenters. The Morgan fingerprint density at radius 2 is 1.52 bits per heavy atom. The van der Waals surface area contributed by atoms with Crippen LogP contribution in [-0.4, -0.2) is 18.6 Å². The highest BCUT2D eigenvalue weighted by Gasteiger charge is 2.31. The molecule has 1 aromatic carbocycles. The monoisotopic (exact) mass is 400 g/mol. The van der Waals surface area contributed by atoms with Crippen LogP contribution in [0.2, 0.25) is 0 Å². The molecule has 1 aliphatic heterocycles. The summed E-state index contributed by atoms with van der Waals surface area (Å²) >= 11 is 0. The van der Waals surface area contributed by atoms with E-state index >= 15 is 0 Å². The lowest BCUT2D eigenvalue weighted by molar-refractivity contribution is -0.139. The lowest BCUT2D eigenvalue weighted by atomic mass is 9.96. The van der Waals surface area contributed by atoms with Gasteiger partial charge in [0, 0.05) is 5.70 Å². The number of nitrogens with one attached hydrogen (secondary N) is 2. The number of hydrogen-bond donors (Lipinski definition) is 2. The molecule has 0 spiro atoms. The Hall–Kier alpha value is -2.30. The van der Waals surface area contributed by atoms with Gasteiger partial charge in [0.25, 0.3) is 0 Å². The van der Waals surface area contributed by atoms with E-state index in [4.69, 9.17) is 4.74 Å². The van der Waals surface area contributed by atoms with Crippen molar-refractivity contribution in [2.75, 3.05) is 6.61 Å². The number of esters is 1. The van der Waals surface area contributed by atoms with Crippen molar-refractivity contribution in [3.8, 4) is 0 Å². The summed E-state index contributed by atoms with van der Waals surface area (Å²) in [4.78, 5) is 24.6. The van der Waals surface area contributed by atoms with E-state index < -0.39 is 6.04 Å². The lowest BCUT2D eigenvalue weighted by Crippen LogP contribution is -2.45. The summed E-state index contributed by atoms with van der Waals surface area (Å²) in [7, 11) is 0. The minimum atomic E-state index is -0.481. The molecule has 2 N–H and O–H groups in total. The summed E-state index contributed by atoms with van der Waals surface area (Å²) in [5, 5.41) is 5.51. The average molecular weight is 401 g/mol. The second-order valence-electron chi connectivity index (χ2n) is 7.80. The quantitative estimate of drug-likeness (QED) is 0.326. The van der Waals surface area contributed by atoms with Crippen molar-refractivity contribution in [1.82, 2.24) is 10.6 Å². The van der Waals surface area contributed by atoms with E-state index in [0.717, 1.165) is 18.4 Å². The fraction of sp³-hybridized carbons (Fsp3) is 0.583. The first kappa shape index (κ1) is 23.0. The summed E-state index contributed by atoms with van der Waals surface area (Å²) < 4.78 is 5.52. The number of amides is 2. The summed E-state index contributed by atoms with van der Waals surface area (Å²) in [5.74, 6) is -0.361. The van der Waals surface area contributed by atoms with Gasteiger partial charge in [0.15, 0.2) is 0 Å². The molecule has 0 aliphatic carbocycles. The molecule has 0 saturated carbocycles. The van der Waals surface area contributed by atoms with Crippen molar-refractivity contribution in [2.24, 2.45) is 0 Å². The zero-order valence-corrected chi connectivity index (χ0v) is 18.0. The number of urea groups is 1. The van der Waals surface area contributed by atoms with Crippen LogP contribution in [0.15, 0.2) is 41.6 Å². The van der Waals surface area contributed by atoms with Gasteiger partial charge in [0.1, 0.15) is 0 Å². The topological polar surface area (TPSA) is 67.4 Å². The van der Waals surface area contributed by atoms with Gasteiger partial charge in [0.2, 0.25) is 0 Å². The molecule has 1 atom stereocenters. The molecule has 2 rings (SSSR count). The van der Waals surface area contributed by atoms with Crippen LogP contribution in [0.25, 0.3) is 0 Å². The Bertz CT molecular complexity index is 670. The van der Waals surface area contributed by atoms with Crippen molar-refractivity contribution < 1.29 is 14.3 Å². The summed E-state index contributed by atoms with van der Waals surface area (Å²) in [6.07, 6.45) is 12.4.